The SMILES string of the molecule is Cc1cnc(-c2nc(=S)c3c([nH]2)CCNC3)c(C)c1. The molecule has 98 valence electrons. The zero-order valence-corrected chi connectivity index (χ0v) is 11.9. The number of nitrogens with one attached hydrogen (secondary N) is 2. The Hall–Kier alpha value is -1.59. The van der Waals surface area contributed by atoms with Crippen LogP contribution in [0.4, 0.5) is 0 Å². The van der Waals surface area contributed by atoms with E-state index in [4.69, 9.17) is 12.2 Å². The number of aryl methyl sites for hydroxylation is 2. The minimum absolute atomic E-state index is 0.678. The molecule has 1 aliphatic heterocycles. The number of rotatable bonds is 1. The normalized spacial score (nSPS) is 14.2. The van der Waals surface area contributed by atoms with E-state index in [0.717, 1.165) is 47.7 Å². The molecule has 0 aliphatic carbocycles. The zero-order chi connectivity index (χ0) is 13.4. The van der Waals surface area contributed by atoms with Crippen LogP contribution < -0.4 is 5.32 Å². The Labute approximate surface area is 117 Å². The van der Waals surface area contributed by atoms with Gasteiger partial charge >= 0.3 is 0 Å². The van der Waals surface area contributed by atoms with Crippen molar-refractivity contribution in [3.8, 4) is 11.5 Å². The lowest BCUT2D eigenvalue weighted by Gasteiger charge is -2.18. The molecule has 0 spiro atoms. The monoisotopic (exact) mass is 272 g/mol. The van der Waals surface area contributed by atoms with Gasteiger partial charge in [-0.15, -0.1) is 0 Å². The number of aromatic nitrogens is 3. The summed E-state index contributed by atoms with van der Waals surface area (Å²) in [5.41, 5.74) is 5.47. The van der Waals surface area contributed by atoms with Crippen molar-refractivity contribution in [2.75, 3.05) is 6.54 Å². The van der Waals surface area contributed by atoms with Crippen molar-refractivity contribution in [3.63, 3.8) is 0 Å². The number of pyridine rings is 1. The van der Waals surface area contributed by atoms with Gasteiger partial charge in [0.25, 0.3) is 0 Å². The average molecular weight is 272 g/mol. The molecule has 3 rings (SSSR count). The van der Waals surface area contributed by atoms with Gasteiger partial charge in [0.1, 0.15) is 10.3 Å². The maximum Gasteiger partial charge on any atom is 0.158 e. The molecule has 0 amide bonds. The molecular weight excluding hydrogens is 256 g/mol. The van der Waals surface area contributed by atoms with Crippen LogP contribution in [0.3, 0.4) is 0 Å². The van der Waals surface area contributed by atoms with E-state index in [1.54, 1.807) is 0 Å². The summed E-state index contributed by atoms with van der Waals surface area (Å²) in [6, 6.07) is 2.11. The summed E-state index contributed by atoms with van der Waals surface area (Å²) in [6.45, 7) is 5.87. The molecule has 0 saturated carbocycles. The lowest BCUT2D eigenvalue weighted by Crippen LogP contribution is -2.25. The molecule has 0 fully saturated rings. The van der Waals surface area contributed by atoms with Gasteiger partial charge in [-0.05, 0) is 25.0 Å². The average Bonchev–Trinajstić information content (AvgIpc) is 2.38. The van der Waals surface area contributed by atoms with E-state index in [-0.39, 0.29) is 0 Å². The Kier molecular flexibility index (Phi) is 3.16. The summed E-state index contributed by atoms with van der Waals surface area (Å²) in [6.07, 6.45) is 2.82. The lowest BCUT2D eigenvalue weighted by molar-refractivity contribution is 0.624. The number of fused-ring (bicyclic) bond motifs is 1. The molecule has 2 aromatic heterocycles. The second-order valence-corrected chi connectivity index (χ2v) is 5.34. The molecule has 5 heteroatoms. The highest BCUT2D eigenvalue weighted by Crippen LogP contribution is 2.21. The Morgan fingerprint density at radius 2 is 2.16 bits per heavy atom. The molecule has 0 bridgehead atoms. The van der Waals surface area contributed by atoms with Crippen LogP contribution in [-0.4, -0.2) is 21.5 Å². The fourth-order valence-electron chi connectivity index (χ4n) is 2.44. The molecule has 19 heavy (non-hydrogen) atoms. The quantitative estimate of drug-likeness (QED) is 0.783. The van der Waals surface area contributed by atoms with E-state index in [0.29, 0.717) is 4.64 Å². The predicted octanol–water partition coefficient (Wildman–Crippen LogP) is 2.46. The predicted molar refractivity (Wildman–Crippen MR) is 77.5 cm³/mol. The van der Waals surface area contributed by atoms with Gasteiger partial charge in [-0.1, -0.05) is 18.3 Å². The van der Waals surface area contributed by atoms with Crippen LogP contribution in [-0.2, 0) is 13.0 Å². The largest absolute Gasteiger partial charge is 0.341 e. The van der Waals surface area contributed by atoms with Crippen molar-refractivity contribution >= 4 is 12.2 Å². The summed E-state index contributed by atoms with van der Waals surface area (Å²) >= 11 is 5.40. The van der Waals surface area contributed by atoms with Crippen LogP contribution in [0.5, 0.6) is 0 Å². The standard InChI is InChI=1S/C14H16N4S/c1-8-5-9(2)12(16-6-8)13-17-11-3-4-15-7-10(11)14(19)18-13/h5-6,15H,3-4,7H2,1-2H3,(H,17,18,19). The van der Waals surface area contributed by atoms with Gasteiger partial charge in [0.05, 0.1) is 0 Å². The van der Waals surface area contributed by atoms with Gasteiger partial charge < -0.3 is 10.3 Å². The number of hydrogen-bond donors (Lipinski definition) is 2. The van der Waals surface area contributed by atoms with Crippen molar-refractivity contribution in [1.82, 2.24) is 20.3 Å². The van der Waals surface area contributed by atoms with Gasteiger partial charge in [0.15, 0.2) is 5.82 Å². The van der Waals surface area contributed by atoms with Crippen LogP contribution in [0.1, 0.15) is 22.4 Å². The van der Waals surface area contributed by atoms with Gasteiger partial charge in [-0.3, -0.25) is 4.98 Å². The molecule has 0 aromatic carbocycles. The van der Waals surface area contributed by atoms with E-state index >= 15 is 0 Å². The summed E-state index contributed by atoms with van der Waals surface area (Å²) in [5, 5.41) is 3.32. The fraction of sp³-hybridized carbons (Fsp3) is 0.357. The maximum absolute atomic E-state index is 5.40. The van der Waals surface area contributed by atoms with Crippen molar-refractivity contribution in [2.45, 2.75) is 26.8 Å². The van der Waals surface area contributed by atoms with E-state index in [1.807, 2.05) is 13.1 Å². The minimum Gasteiger partial charge on any atom is -0.341 e. The first-order valence-corrected chi connectivity index (χ1v) is 6.82. The van der Waals surface area contributed by atoms with Crippen LogP contribution in [0.2, 0.25) is 0 Å². The van der Waals surface area contributed by atoms with Gasteiger partial charge in [0.2, 0.25) is 0 Å². The Morgan fingerprint density at radius 3 is 2.95 bits per heavy atom. The minimum atomic E-state index is 0.678. The first-order valence-electron chi connectivity index (χ1n) is 6.41. The van der Waals surface area contributed by atoms with Crippen LogP contribution in [0, 0.1) is 18.5 Å². The van der Waals surface area contributed by atoms with Gasteiger partial charge in [0, 0.05) is 37.0 Å². The van der Waals surface area contributed by atoms with E-state index < -0.39 is 0 Å². The van der Waals surface area contributed by atoms with E-state index in [1.165, 1.54) is 5.69 Å². The Morgan fingerprint density at radius 1 is 1.32 bits per heavy atom. The first-order chi connectivity index (χ1) is 9.15. The Balaban J connectivity index is 2.15. The second kappa shape index (κ2) is 4.83. The number of hydrogen-bond acceptors (Lipinski definition) is 4. The third-order valence-electron chi connectivity index (χ3n) is 3.40. The second-order valence-electron chi connectivity index (χ2n) is 4.95. The smallest absolute Gasteiger partial charge is 0.158 e. The lowest BCUT2D eigenvalue weighted by atomic mass is 10.1. The molecular formula is C14H16N4S. The van der Waals surface area contributed by atoms with Crippen molar-refractivity contribution in [3.05, 3.63) is 39.3 Å². The molecule has 3 heterocycles. The molecule has 1 aliphatic rings. The van der Waals surface area contributed by atoms with Crippen molar-refractivity contribution < 1.29 is 0 Å². The first kappa shape index (κ1) is 12.4. The molecule has 0 saturated heterocycles. The summed E-state index contributed by atoms with van der Waals surface area (Å²) in [4.78, 5) is 12.4. The number of nitrogens with zero attached hydrogens (tertiary/aromatic N) is 2. The molecule has 2 N–H and O–H groups in total. The van der Waals surface area contributed by atoms with Crippen LogP contribution in [0.15, 0.2) is 12.3 Å². The maximum atomic E-state index is 5.40. The van der Waals surface area contributed by atoms with E-state index in [9.17, 15) is 0 Å². The van der Waals surface area contributed by atoms with Gasteiger partial charge in [-0.25, -0.2) is 4.98 Å². The molecule has 0 radical (unpaired) electrons. The highest BCUT2D eigenvalue weighted by Gasteiger charge is 2.15. The van der Waals surface area contributed by atoms with E-state index in [2.05, 4.69) is 33.3 Å². The highest BCUT2D eigenvalue weighted by molar-refractivity contribution is 7.71. The van der Waals surface area contributed by atoms with Gasteiger partial charge in [-0.2, -0.15) is 0 Å². The van der Waals surface area contributed by atoms with Crippen LogP contribution in [0.25, 0.3) is 11.5 Å². The van der Waals surface area contributed by atoms with Crippen molar-refractivity contribution in [2.24, 2.45) is 0 Å². The molecule has 4 nitrogen and oxygen atoms in total. The topological polar surface area (TPSA) is 53.6 Å². The number of H-pyrrole nitrogens is 1. The fourth-order valence-corrected chi connectivity index (χ4v) is 2.73. The molecule has 0 atom stereocenters. The number of aromatic amines is 1. The van der Waals surface area contributed by atoms with Crippen molar-refractivity contribution in [1.29, 1.82) is 0 Å². The third-order valence-corrected chi connectivity index (χ3v) is 3.74. The summed E-state index contributed by atoms with van der Waals surface area (Å²) in [5.74, 6) is 0.781. The summed E-state index contributed by atoms with van der Waals surface area (Å²) in [7, 11) is 0. The summed E-state index contributed by atoms with van der Waals surface area (Å²) < 4.78 is 0.678. The zero-order valence-electron chi connectivity index (χ0n) is 11.1. The van der Waals surface area contributed by atoms with Crippen LogP contribution >= 0.6 is 12.2 Å². The third kappa shape index (κ3) is 2.31. The molecule has 2 aromatic rings. The highest BCUT2D eigenvalue weighted by atomic mass is 32.1. The molecule has 0 unspecified atom stereocenters. The Bertz CT molecular complexity index is 690.